The maximum absolute atomic E-state index is 7.18. The molecule has 1 aromatic carbocycles. The van der Waals surface area contributed by atoms with Crippen LogP contribution in [0.25, 0.3) is 0 Å². The molecule has 3 nitrogen and oxygen atoms in total. The number of ether oxygens (including phenoxy) is 2. The summed E-state index contributed by atoms with van der Waals surface area (Å²) in [7, 11) is 1.41. The van der Waals surface area contributed by atoms with Crippen LogP contribution in [-0.2, 0) is 4.74 Å². The van der Waals surface area contributed by atoms with Crippen molar-refractivity contribution >= 4 is 29.1 Å². The molecule has 0 heterocycles. The van der Waals surface area contributed by atoms with Gasteiger partial charge in [0.15, 0.2) is 6.61 Å². The van der Waals surface area contributed by atoms with Crippen LogP contribution < -0.4 is 4.74 Å². The Morgan fingerprint density at radius 3 is 2.36 bits per heavy atom. The first kappa shape index (κ1) is 11.1. The summed E-state index contributed by atoms with van der Waals surface area (Å²) < 4.78 is 9.83. The SMILES string of the molecule is COC(=N)COc1cc(Cl)cc(Cl)c1. The average molecular weight is 234 g/mol. The Hall–Kier alpha value is -0.930. The third-order valence-electron chi connectivity index (χ3n) is 1.45. The summed E-state index contributed by atoms with van der Waals surface area (Å²) in [5.41, 5.74) is 0. The van der Waals surface area contributed by atoms with Crippen molar-refractivity contribution in [1.82, 2.24) is 0 Å². The van der Waals surface area contributed by atoms with Gasteiger partial charge in [-0.1, -0.05) is 23.2 Å². The van der Waals surface area contributed by atoms with Gasteiger partial charge in [0.1, 0.15) is 5.75 Å². The minimum Gasteiger partial charge on any atom is -0.484 e. The smallest absolute Gasteiger partial charge is 0.219 e. The summed E-state index contributed by atoms with van der Waals surface area (Å²) in [5.74, 6) is 0.561. The Balaban J connectivity index is 2.63. The lowest BCUT2D eigenvalue weighted by Gasteiger charge is -2.06. The average Bonchev–Trinajstić information content (AvgIpc) is 2.12. The van der Waals surface area contributed by atoms with Crippen LogP contribution in [0.2, 0.25) is 10.0 Å². The zero-order chi connectivity index (χ0) is 10.6. The summed E-state index contributed by atoms with van der Waals surface area (Å²) >= 11 is 11.5. The molecule has 1 aromatic rings. The minimum atomic E-state index is 0.0427. The molecule has 5 heteroatoms. The Labute approximate surface area is 92.0 Å². The molecule has 0 unspecified atom stereocenters. The summed E-state index contributed by atoms with van der Waals surface area (Å²) in [6.07, 6.45) is 0. The van der Waals surface area contributed by atoms with E-state index in [1.165, 1.54) is 7.11 Å². The topological polar surface area (TPSA) is 42.3 Å². The second-order valence-corrected chi connectivity index (χ2v) is 3.39. The van der Waals surface area contributed by atoms with Crippen LogP contribution in [0.3, 0.4) is 0 Å². The fourth-order valence-electron chi connectivity index (χ4n) is 0.820. The van der Waals surface area contributed by atoms with Crippen molar-refractivity contribution in [2.24, 2.45) is 0 Å². The molecule has 1 rings (SSSR count). The highest BCUT2D eigenvalue weighted by atomic mass is 35.5. The van der Waals surface area contributed by atoms with Crippen LogP contribution in [-0.4, -0.2) is 19.6 Å². The van der Waals surface area contributed by atoms with Gasteiger partial charge in [-0.25, -0.2) is 0 Å². The van der Waals surface area contributed by atoms with Crippen molar-refractivity contribution in [3.05, 3.63) is 28.2 Å². The maximum Gasteiger partial charge on any atom is 0.219 e. The molecule has 0 aliphatic carbocycles. The molecular weight excluding hydrogens is 225 g/mol. The first-order valence-corrected chi connectivity index (χ1v) is 4.57. The van der Waals surface area contributed by atoms with Crippen LogP contribution >= 0.6 is 23.2 Å². The van der Waals surface area contributed by atoms with E-state index in [2.05, 4.69) is 4.74 Å². The van der Waals surface area contributed by atoms with Gasteiger partial charge in [-0.05, 0) is 18.2 Å². The zero-order valence-corrected chi connectivity index (χ0v) is 9.02. The van der Waals surface area contributed by atoms with E-state index in [4.69, 9.17) is 33.3 Å². The van der Waals surface area contributed by atoms with E-state index in [-0.39, 0.29) is 12.5 Å². The molecule has 0 amide bonds. The molecular formula is C9H9Cl2NO2. The maximum atomic E-state index is 7.18. The summed E-state index contributed by atoms with van der Waals surface area (Å²) in [4.78, 5) is 0. The standard InChI is InChI=1S/C9H9Cl2NO2/c1-13-9(12)5-14-8-3-6(10)2-7(11)4-8/h2-4,12H,5H2,1H3. The second kappa shape index (κ2) is 5.08. The van der Waals surface area contributed by atoms with Gasteiger partial charge in [0, 0.05) is 10.0 Å². The van der Waals surface area contributed by atoms with Gasteiger partial charge in [-0.3, -0.25) is 5.41 Å². The van der Waals surface area contributed by atoms with E-state index in [1.807, 2.05) is 0 Å². The normalized spacial score (nSPS) is 9.64. The molecule has 0 aliphatic heterocycles. The molecule has 0 bridgehead atoms. The van der Waals surface area contributed by atoms with E-state index >= 15 is 0 Å². The van der Waals surface area contributed by atoms with Crippen molar-refractivity contribution in [3.63, 3.8) is 0 Å². The van der Waals surface area contributed by atoms with E-state index in [0.29, 0.717) is 15.8 Å². The Kier molecular flexibility index (Phi) is 4.04. The number of methoxy groups -OCH3 is 1. The van der Waals surface area contributed by atoms with Crippen molar-refractivity contribution in [1.29, 1.82) is 5.41 Å². The summed E-state index contributed by atoms with van der Waals surface area (Å²) in [6.45, 7) is 0.0627. The molecule has 0 aromatic heterocycles. The molecule has 76 valence electrons. The second-order valence-electron chi connectivity index (χ2n) is 2.52. The van der Waals surface area contributed by atoms with Crippen LogP contribution in [0.15, 0.2) is 18.2 Å². The van der Waals surface area contributed by atoms with Crippen molar-refractivity contribution in [3.8, 4) is 5.75 Å². The number of hydrogen-bond acceptors (Lipinski definition) is 3. The van der Waals surface area contributed by atoms with Crippen molar-refractivity contribution in [2.45, 2.75) is 0 Å². The molecule has 1 N–H and O–H groups in total. The molecule has 0 atom stereocenters. The quantitative estimate of drug-likeness (QED) is 0.645. The molecule has 14 heavy (non-hydrogen) atoms. The fourth-order valence-corrected chi connectivity index (χ4v) is 1.33. The minimum absolute atomic E-state index is 0.0427. The highest BCUT2D eigenvalue weighted by Crippen LogP contribution is 2.23. The van der Waals surface area contributed by atoms with Gasteiger partial charge >= 0.3 is 0 Å². The van der Waals surface area contributed by atoms with Gasteiger partial charge in [0.05, 0.1) is 7.11 Å². The number of halogens is 2. The van der Waals surface area contributed by atoms with Crippen molar-refractivity contribution in [2.75, 3.05) is 13.7 Å². The van der Waals surface area contributed by atoms with E-state index < -0.39 is 0 Å². The monoisotopic (exact) mass is 233 g/mol. The van der Waals surface area contributed by atoms with Crippen LogP contribution in [0, 0.1) is 5.41 Å². The predicted molar refractivity (Wildman–Crippen MR) is 56.7 cm³/mol. The molecule has 0 fully saturated rings. The summed E-state index contributed by atoms with van der Waals surface area (Å²) in [6, 6.07) is 4.85. The van der Waals surface area contributed by atoms with Gasteiger partial charge in [0.2, 0.25) is 5.90 Å². The Bertz CT molecular complexity index is 321. The third kappa shape index (κ3) is 3.44. The van der Waals surface area contributed by atoms with Crippen LogP contribution in [0.4, 0.5) is 0 Å². The van der Waals surface area contributed by atoms with Crippen molar-refractivity contribution < 1.29 is 9.47 Å². The first-order chi connectivity index (χ1) is 6.61. The number of hydrogen-bond donors (Lipinski definition) is 1. The Morgan fingerprint density at radius 1 is 1.29 bits per heavy atom. The highest BCUT2D eigenvalue weighted by Gasteiger charge is 2.01. The lowest BCUT2D eigenvalue weighted by Crippen LogP contribution is -2.11. The van der Waals surface area contributed by atoms with Crippen LogP contribution in [0.1, 0.15) is 0 Å². The molecule has 0 radical (unpaired) electrons. The molecule has 0 aliphatic rings. The largest absolute Gasteiger partial charge is 0.484 e. The molecule has 0 spiro atoms. The number of rotatable bonds is 3. The van der Waals surface area contributed by atoms with E-state index in [0.717, 1.165) is 0 Å². The predicted octanol–water partition coefficient (Wildman–Crippen LogP) is 3.00. The van der Waals surface area contributed by atoms with Gasteiger partial charge < -0.3 is 9.47 Å². The lowest BCUT2D eigenvalue weighted by molar-refractivity contribution is 0.309. The fraction of sp³-hybridized carbons (Fsp3) is 0.222. The third-order valence-corrected chi connectivity index (χ3v) is 1.89. The highest BCUT2D eigenvalue weighted by molar-refractivity contribution is 6.34. The van der Waals surface area contributed by atoms with E-state index in [1.54, 1.807) is 18.2 Å². The number of nitrogens with one attached hydrogen (secondary N) is 1. The summed E-state index contributed by atoms with van der Waals surface area (Å²) in [5, 5.41) is 8.17. The zero-order valence-electron chi connectivity index (χ0n) is 7.51. The molecule has 0 saturated carbocycles. The van der Waals surface area contributed by atoms with Gasteiger partial charge in [-0.15, -0.1) is 0 Å². The van der Waals surface area contributed by atoms with E-state index in [9.17, 15) is 0 Å². The lowest BCUT2D eigenvalue weighted by atomic mass is 10.3. The first-order valence-electron chi connectivity index (χ1n) is 3.82. The number of benzene rings is 1. The van der Waals surface area contributed by atoms with Gasteiger partial charge in [0.25, 0.3) is 0 Å². The van der Waals surface area contributed by atoms with Crippen LogP contribution in [0.5, 0.6) is 5.75 Å². The Morgan fingerprint density at radius 2 is 1.86 bits per heavy atom. The van der Waals surface area contributed by atoms with Gasteiger partial charge in [-0.2, -0.15) is 0 Å². The molecule has 0 saturated heterocycles.